The summed E-state index contributed by atoms with van der Waals surface area (Å²) in [6.07, 6.45) is 4.26. The van der Waals surface area contributed by atoms with Crippen molar-refractivity contribution in [3.8, 4) is 0 Å². The lowest BCUT2D eigenvalue weighted by Crippen LogP contribution is -2.14. The molecular formula is C11H19O3P. The van der Waals surface area contributed by atoms with Crippen LogP contribution < -0.4 is 0 Å². The quantitative estimate of drug-likeness (QED) is 0.496. The Balaban J connectivity index is 2.93. The van der Waals surface area contributed by atoms with Gasteiger partial charge in [-0.1, -0.05) is 12.2 Å². The molecule has 1 fully saturated rings. The molecule has 2 unspecified atom stereocenters. The first-order valence-corrected chi connectivity index (χ1v) is 6.79. The van der Waals surface area contributed by atoms with Crippen LogP contribution in [0.1, 0.15) is 20.3 Å². The van der Waals surface area contributed by atoms with Crippen LogP contribution >= 0.6 is 7.60 Å². The van der Waals surface area contributed by atoms with Crippen LogP contribution in [0, 0.1) is 5.92 Å². The van der Waals surface area contributed by atoms with Gasteiger partial charge in [0.1, 0.15) is 0 Å². The third kappa shape index (κ3) is 1.96. The number of allylic oxidation sites excluding steroid dienone is 2. The van der Waals surface area contributed by atoms with E-state index >= 15 is 0 Å². The Kier molecular flexibility index (Phi) is 3.93. The van der Waals surface area contributed by atoms with E-state index in [0.29, 0.717) is 13.2 Å². The van der Waals surface area contributed by atoms with E-state index in [1.165, 1.54) is 0 Å². The molecule has 0 radical (unpaired) electrons. The van der Waals surface area contributed by atoms with E-state index in [4.69, 9.17) is 9.05 Å². The number of rotatable bonds is 7. The largest absolute Gasteiger partial charge is 0.341 e. The molecule has 0 saturated heterocycles. The van der Waals surface area contributed by atoms with Crippen LogP contribution in [-0.4, -0.2) is 18.4 Å². The Bertz CT molecular complexity index is 290. The predicted molar refractivity (Wildman–Crippen MR) is 62.1 cm³/mol. The highest BCUT2D eigenvalue weighted by atomic mass is 31.2. The van der Waals surface area contributed by atoms with Gasteiger partial charge in [0.25, 0.3) is 0 Å². The highest BCUT2D eigenvalue weighted by Crippen LogP contribution is 2.74. The maximum absolute atomic E-state index is 12.5. The lowest BCUT2D eigenvalue weighted by molar-refractivity contribution is 0.212. The monoisotopic (exact) mass is 230 g/mol. The van der Waals surface area contributed by atoms with Crippen molar-refractivity contribution in [2.45, 2.75) is 25.4 Å². The average Bonchev–Trinajstić information content (AvgIpc) is 2.94. The van der Waals surface area contributed by atoms with Crippen molar-refractivity contribution >= 4 is 7.60 Å². The van der Waals surface area contributed by atoms with Gasteiger partial charge in [-0.3, -0.25) is 4.57 Å². The Labute approximate surface area is 91.7 Å². The molecule has 86 valence electrons. The first-order valence-electron chi connectivity index (χ1n) is 5.25. The molecule has 15 heavy (non-hydrogen) atoms. The highest BCUT2D eigenvalue weighted by molar-refractivity contribution is 7.56. The van der Waals surface area contributed by atoms with Crippen molar-refractivity contribution in [2.24, 2.45) is 5.92 Å². The molecule has 4 heteroatoms. The van der Waals surface area contributed by atoms with Gasteiger partial charge >= 0.3 is 7.60 Å². The molecule has 1 rings (SSSR count). The summed E-state index contributed by atoms with van der Waals surface area (Å²) < 4.78 is 23.2. The van der Waals surface area contributed by atoms with Gasteiger partial charge in [-0.05, 0) is 26.2 Å². The molecule has 1 aliphatic carbocycles. The summed E-state index contributed by atoms with van der Waals surface area (Å²) in [5.74, 6) is 0.166. The van der Waals surface area contributed by atoms with Crippen LogP contribution in [0.4, 0.5) is 0 Å². The van der Waals surface area contributed by atoms with E-state index < -0.39 is 12.8 Å². The van der Waals surface area contributed by atoms with Gasteiger partial charge in [0.05, 0.1) is 18.4 Å². The number of hydrogen-bond acceptors (Lipinski definition) is 3. The molecule has 0 bridgehead atoms. The van der Waals surface area contributed by atoms with Crippen LogP contribution in [0.2, 0.25) is 0 Å². The third-order valence-corrected chi connectivity index (χ3v) is 5.69. The summed E-state index contributed by atoms with van der Waals surface area (Å²) in [7, 11) is -3.07. The highest BCUT2D eigenvalue weighted by Gasteiger charge is 2.64. The summed E-state index contributed by atoms with van der Waals surface area (Å²) in [6.45, 7) is 11.9. The molecule has 3 nitrogen and oxygen atoms in total. The summed E-state index contributed by atoms with van der Waals surface area (Å²) in [5, 5.41) is -0.527. The third-order valence-electron chi connectivity index (χ3n) is 2.77. The summed E-state index contributed by atoms with van der Waals surface area (Å²) in [4.78, 5) is 0. The lowest BCUT2D eigenvalue weighted by Gasteiger charge is -2.24. The molecule has 0 aliphatic heterocycles. The van der Waals surface area contributed by atoms with Gasteiger partial charge in [0.2, 0.25) is 0 Å². The Morgan fingerprint density at radius 1 is 1.40 bits per heavy atom. The van der Waals surface area contributed by atoms with Crippen molar-refractivity contribution in [1.29, 1.82) is 0 Å². The molecule has 0 amide bonds. The van der Waals surface area contributed by atoms with Crippen LogP contribution in [-0.2, 0) is 13.6 Å². The van der Waals surface area contributed by atoms with Crippen molar-refractivity contribution in [3.05, 3.63) is 25.3 Å². The number of hydrogen-bond donors (Lipinski definition) is 0. The van der Waals surface area contributed by atoms with Crippen LogP contribution in [0.25, 0.3) is 0 Å². The zero-order valence-electron chi connectivity index (χ0n) is 9.44. The van der Waals surface area contributed by atoms with Crippen LogP contribution in [0.3, 0.4) is 0 Å². The smallest absolute Gasteiger partial charge is 0.308 e. The summed E-state index contributed by atoms with van der Waals surface area (Å²) in [6, 6.07) is 0. The maximum Gasteiger partial charge on any atom is 0.341 e. The standard InChI is InChI=1S/C11H19O3P/c1-5-10-9-11(10,6-2)15(12,13-7-3)14-8-4/h5-6,10H,1-2,7-9H2,3-4H3. The van der Waals surface area contributed by atoms with Crippen molar-refractivity contribution in [3.63, 3.8) is 0 Å². The molecule has 2 atom stereocenters. The molecule has 0 heterocycles. The second-order valence-electron chi connectivity index (χ2n) is 3.57. The normalized spacial score (nSPS) is 29.9. The molecule has 0 spiro atoms. The maximum atomic E-state index is 12.5. The van der Waals surface area contributed by atoms with Gasteiger partial charge in [0, 0.05) is 0 Å². The van der Waals surface area contributed by atoms with Gasteiger partial charge in [-0.2, -0.15) is 0 Å². The van der Waals surface area contributed by atoms with E-state index in [0.717, 1.165) is 6.42 Å². The van der Waals surface area contributed by atoms with Crippen molar-refractivity contribution in [1.82, 2.24) is 0 Å². The van der Waals surface area contributed by atoms with E-state index in [1.807, 2.05) is 13.8 Å². The van der Waals surface area contributed by atoms with Gasteiger partial charge < -0.3 is 9.05 Å². The second-order valence-corrected chi connectivity index (χ2v) is 5.92. The van der Waals surface area contributed by atoms with E-state index in [1.54, 1.807) is 12.2 Å². The average molecular weight is 230 g/mol. The Morgan fingerprint density at radius 3 is 2.20 bits per heavy atom. The second kappa shape index (κ2) is 4.65. The first-order chi connectivity index (χ1) is 7.10. The van der Waals surface area contributed by atoms with Crippen molar-refractivity contribution < 1.29 is 13.6 Å². The van der Waals surface area contributed by atoms with E-state index in [2.05, 4.69) is 13.2 Å². The zero-order valence-corrected chi connectivity index (χ0v) is 10.3. The van der Waals surface area contributed by atoms with Gasteiger partial charge in [0.15, 0.2) is 0 Å². The minimum Gasteiger partial charge on any atom is -0.308 e. The fourth-order valence-corrected chi connectivity index (χ4v) is 4.25. The zero-order chi connectivity index (χ0) is 11.5. The topological polar surface area (TPSA) is 35.5 Å². The SMILES string of the molecule is C=CC1CC1(C=C)P(=O)(OCC)OCC. The summed E-state index contributed by atoms with van der Waals surface area (Å²) >= 11 is 0. The van der Waals surface area contributed by atoms with E-state index in [9.17, 15) is 4.57 Å². The lowest BCUT2D eigenvalue weighted by atomic mass is 10.3. The minimum absolute atomic E-state index is 0.166. The fourth-order valence-electron chi connectivity index (χ4n) is 1.86. The van der Waals surface area contributed by atoms with E-state index in [-0.39, 0.29) is 5.92 Å². The molecule has 0 N–H and O–H groups in total. The minimum atomic E-state index is -3.07. The van der Waals surface area contributed by atoms with Gasteiger partial charge in [-0.25, -0.2) is 0 Å². The van der Waals surface area contributed by atoms with Crippen molar-refractivity contribution in [2.75, 3.05) is 13.2 Å². The van der Waals surface area contributed by atoms with Gasteiger partial charge in [-0.15, -0.1) is 13.2 Å². The predicted octanol–water partition coefficient (Wildman–Crippen LogP) is 3.38. The molecular weight excluding hydrogens is 211 g/mol. The summed E-state index contributed by atoms with van der Waals surface area (Å²) in [5.41, 5.74) is 0. The molecule has 1 saturated carbocycles. The fraction of sp³-hybridized carbons (Fsp3) is 0.636. The molecule has 0 aromatic rings. The molecule has 1 aliphatic rings. The molecule has 0 aromatic carbocycles. The Hall–Kier alpha value is -0.370. The molecule has 0 aromatic heterocycles. The first kappa shape index (κ1) is 12.7. The van der Waals surface area contributed by atoms with Crippen LogP contribution in [0.5, 0.6) is 0 Å². The van der Waals surface area contributed by atoms with Crippen LogP contribution in [0.15, 0.2) is 25.3 Å². The Morgan fingerprint density at radius 2 is 1.93 bits per heavy atom.